The molecule has 4 aliphatic rings. The first kappa shape index (κ1) is 21.4. The maximum atomic E-state index is 13.4. The minimum Gasteiger partial charge on any atom is -0.516 e. The van der Waals surface area contributed by atoms with Crippen molar-refractivity contribution in [2.45, 2.75) is 105 Å². The standard InChI is InChI=1S/C27H44O2/c1-18(17-28)8-7-9-19(2)23-16-24(29)25-21-12-11-20-10-5-6-14-26(20,3)22(21)13-15-27(23,25)4/h17,19-23,25,28H,5-16H2,1-4H3/t19-,20?,21-,22+,23-,25-,26+,27-/m1/s1. The van der Waals surface area contributed by atoms with Gasteiger partial charge in [-0.3, -0.25) is 4.79 Å². The normalized spacial score (nSPS) is 46.0. The highest BCUT2D eigenvalue weighted by atomic mass is 16.2. The number of hydrogen-bond donors (Lipinski definition) is 1. The topological polar surface area (TPSA) is 37.3 Å². The summed E-state index contributed by atoms with van der Waals surface area (Å²) < 4.78 is 0. The second-order valence-electron chi connectivity index (χ2n) is 11.9. The van der Waals surface area contributed by atoms with Crippen LogP contribution in [0, 0.1) is 46.3 Å². The molecule has 29 heavy (non-hydrogen) atoms. The Labute approximate surface area is 178 Å². The van der Waals surface area contributed by atoms with Crippen LogP contribution in [0.2, 0.25) is 0 Å². The number of hydrogen-bond acceptors (Lipinski definition) is 2. The van der Waals surface area contributed by atoms with Crippen LogP contribution in [0.3, 0.4) is 0 Å². The zero-order valence-electron chi connectivity index (χ0n) is 19.4. The summed E-state index contributed by atoms with van der Waals surface area (Å²) in [6.45, 7) is 9.50. The Balaban J connectivity index is 1.50. The molecule has 0 bridgehead atoms. The van der Waals surface area contributed by atoms with Gasteiger partial charge in [-0.25, -0.2) is 0 Å². The van der Waals surface area contributed by atoms with E-state index >= 15 is 0 Å². The summed E-state index contributed by atoms with van der Waals surface area (Å²) in [6.07, 6.45) is 16.4. The lowest BCUT2D eigenvalue weighted by atomic mass is 9.44. The Morgan fingerprint density at radius 1 is 1.14 bits per heavy atom. The van der Waals surface area contributed by atoms with Crippen molar-refractivity contribution in [1.29, 1.82) is 0 Å². The van der Waals surface area contributed by atoms with Crippen molar-refractivity contribution in [3.05, 3.63) is 11.8 Å². The van der Waals surface area contributed by atoms with E-state index in [0.717, 1.165) is 36.7 Å². The third-order valence-electron chi connectivity index (χ3n) is 10.5. The van der Waals surface area contributed by atoms with Crippen LogP contribution in [0.5, 0.6) is 0 Å². The first-order valence-corrected chi connectivity index (χ1v) is 12.6. The fourth-order valence-electron chi connectivity index (χ4n) is 8.95. The second-order valence-corrected chi connectivity index (χ2v) is 11.9. The molecule has 0 aromatic heterocycles. The van der Waals surface area contributed by atoms with Gasteiger partial charge in [0.05, 0.1) is 6.26 Å². The van der Waals surface area contributed by atoms with Gasteiger partial charge in [-0.2, -0.15) is 0 Å². The Bertz CT molecular complexity index is 651. The minimum atomic E-state index is 0.234. The molecule has 0 radical (unpaired) electrons. The summed E-state index contributed by atoms with van der Waals surface area (Å²) in [5, 5.41) is 9.15. The van der Waals surface area contributed by atoms with E-state index in [0.29, 0.717) is 34.9 Å². The molecule has 0 saturated heterocycles. The molecule has 1 unspecified atom stereocenters. The molecule has 164 valence electrons. The summed E-state index contributed by atoms with van der Waals surface area (Å²) in [5.74, 6) is 4.52. The van der Waals surface area contributed by atoms with Gasteiger partial charge in [-0.15, -0.1) is 0 Å². The van der Waals surface area contributed by atoms with Crippen molar-refractivity contribution in [2.75, 3.05) is 0 Å². The Hall–Kier alpha value is -0.790. The van der Waals surface area contributed by atoms with Gasteiger partial charge in [-0.1, -0.05) is 40.0 Å². The van der Waals surface area contributed by atoms with Crippen molar-refractivity contribution >= 4 is 5.78 Å². The Morgan fingerprint density at radius 2 is 1.93 bits per heavy atom. The van der Waals surface area contributed by atoms with E-state index in [1.165, 1.54) is 64.0 Å². The first-order chi connectivity index (χ1) is 13.8. The van der Waals surface area contributed by atoms with Crippen LogP contribution in [-0.4, -0.2) is 10.9 Å². The van der Waals surface area contributed by atoms with E-state index in [-0.39, 0.29) is 5.41 Å². The van der Waals surface area contributed by atoms with Crippen LogP contribution in [-0.2, 0) is 4.79 Å². The molecule has 4 aliphatic carbocycles. The molecule has 0 aliphatic heterocycles. The lowest BCUT2D eigenvalue weighted by Crippen LogP contribution is -2.54. The first-order valence-electron chi connectivity index (χ1n) is 12.6. The predicted octanol–water partition coefficient (Wildman–Crippen LogP) is 7.48. The van der Waals surface area contributed by atoms with E-state index in [1.54, 1.807) is 0 Å². The summed E-state index contributed by atoms with van der Waals surface area (Å²) in [6, 6.07) is 0. The number of allylic oxidation sites excluding steroid dienone is 1. The van der Waals surface area contributed by atoms with Gasteiger partial charge >= 0.3 is 0 Å². The van der Waals surface area contributed by atoms with Gasteiger partial charge in [0.15, 0.2) is 0 Å². The number of fused-ring (bicyclic) bond motifs is 5. The van der Waals surface area contributed by atoms with Gasteiger partial charge in [0.1, 0.15) is 5.78 Å². The van der Waals surface area contributed by atoms with E-state index < -0.39 is 0 Å². The number of Topliss-reactive ketones (excluding diaryl/α,β-unsaturated/α-hetero) is 1. The number of aliphatic hydroxyl groups is 1. The van der Waals surface area contributed by atoms with Crippen LogP contribution in [0.15, 0.2) is 11.8 Å². The van der Waals surface area contributed by atoms with Crippen LogP contribution >= 0.6 is 0 Å². The van der Waals surface area contributed by atoms with E-state index in [1.807, 2.05) is 6.92 Å². The summed E-state index contributed by atoms with van der Waals surface area (Å²) in [5.41, 5.74) is 1.82. The average Bonchev–Trinajstić information content (AvgIpc) is 2.98. The third-order valence-corrected chi connectivity index (χ3v) is 10.5. The van der Waals surface area contributed by atoms with Crippen molar-refractivity contribution in [3.63, 3.8) is 0 Å². The van der Waals surface area contributed by atoms with E-state index in [2.05, 4.69) is 20.8 Å². The maximum absolute atomic E-state index is 13.4. The highest BCUT2D eigenvalue weighted by Gasteiger charge is 2.62. The van der Waals surface area contributed by atoms with Crippen molar-refractivity contribution in [3.8, 4) is 0 Å². The molecule has 0 heterocycles. The quantitative estimate of drug-likeness (QED) is 0.486. The van der Waals surface area contributed by atoms with Crippen LogP contribution in [0.1, 0.15) is 105 Å². The molecular weight excluding hydrogens is 356 g/mol. The smallest absolute Gasteiger partial charge is 0.137 e. The molecule has 0 amide bonds. The molecule has 0 aromatic carbocycles. The average molecular weight is 401 g/mol. The summed E-state index contributed by atoms with van der Waals surface area (Å²) in [4.78, 5) is 13.4. The summed E-state index contributed by atoms with van der Waals surface area (Å²) >= 11 is 0. The van der Waals surface area contributed by atoms with Gasteiger partial charge in [-0.05, 0) is 104 Å². The molecule has 2 nitrogen and oxygen atoms in total. The molecule has 4 fully saturated rings. The van der Waals surface area contributed by atoms with E-state index in [4.69, 9.17) is 5.11 Å². The minimum absolute atomic E-state index is 0.234. The third kappa shape index (κ3) is 3.51. The molecule has 4 saturated carbocycles. The highest BCUT2D eigenvalue weighted by Crippen LogP contribution is 2.67. The number of aliphatic hydroxyl groups excluding tert-OH is 1. The fraction of sp³-hybridized carbons (Fsp3) is 0.889. The zero-order valence-corrected chi connectivity index (χ0v) is 19.4. The monoisotopic (exact) mass is 400 g/mol. The fourth-order valence-corrected chi connectivity index (χ4v) is 8.95. The van der Waals surface area contributed by atoms with Gasteiger partial charge in [0, 0.05) is 12.3 Å². The number of carbonyl (C=O) groups is 1. The maximum Gasteiger partial charge on any atom is 0.137 e. The number of carbonyl (C=O) groups excluding carboxylic acids is 1. The van der Waals surface area contributed by atoms with Crippen LogP contribution < -0.4 is 0 Å². The number of ketones is 1. The zero-order chi connectivity index (χ0) is 20.8. The highest BCUT2D eigenvalue weighted by molar-refractivity contribution is 5.85. The van der Waals surface area contributed by atoms with E-state index in [9.17, 15) is 4.79 Å². The molecule has 2 heteroatoms. The van der Waals surface area contributed by atoms with Crippen molar-refractivity contribution in [1.82, 2.24) is 0 Å². The van der Waals surface area contributed by atoms with Crippen molar-refractivity contribution < 1.29 is 9.90 Å². The SMILES string of the molecule is CC(=CO)CCC[C@@H](C)[C@H]1CC(=O)[C@H]2[C@@H]3CCC4CCCC[C@]4(C)[C@H]3CC[C@]12C. The predicted molar refractivity (Wildman–Crippen MR) is 120 cm³/mol. The molecule has 4 rings (SSSR count). The Morgan fingerprint density at radius 3 is 2.69 bits per heavy atom. The van der Waals surface area contributed by atoms with Gasteiger partial charge in [0.25, 0.3) is 0 Å². The van der Waals surface area contributed by atoms with Crippen LogP contribution in [0.25, 0.3) is 0 Å². The molecule has 8 atom stereocenters. The molecule has 1 N–H and O–H groups in total. The van der Waals surface area contributed by atoms with Crippen molar-refractivity contribution in [2.24, 2.45) is 46.3 Å². The Kier molecular flexibility index (Phi) is 5.95. The molecular formula is C27H44O2. The lowest BCUT2D eigenvalue weighted by Gasteiger charge is -2.60. The second kappa shape index (κ2) is 8.04. The lowest BCUT2D eigenvalue weighted by molar-refractivity contribution is -0.141. The van der Waals surface area contributed by atoms with Gasteiger partial charge in [0.2, 0.25) is 0 Å². The largest absolute Gasteiger partial charge is 0.516 e. The summed E-state index contributed by atoms with van der Waals surface area (Å²) in [7, 11) is 0. The van der Waals surface area contributed by atoms with Crippen LogP contribution in [0.4, 0.5) is 0 Å². The van der Waals surface area contributed by atoms with Gasteiger partial charge < -0.3 is 5.11 Å². The molecule has 0 spiro atoms. The molecule has 0 aromatic rings. The number of rotatable bonds is 5.